The van der Waals surface area contributed by atoms with Crippen LogP contribution in [-0.2, 0) is 0 Å². The summed E-state index contributed by atoms with van der Waals surface area (Å²) in [6, 6.07) is -0.0176. The lowest BCUT2D eigenvalue weighted by Gasteiger charge is -2.26. The summed E-state index contributed by atoms with van der Waals surface area (Å²) in [6.07, 6.45) is 0.789. The fraction of sp³-hybridized carbons (Fsp3) is 0.615. The molecule has 1 aliphatic heterocycles. The molecule has 1 atom stereocenters. The third-order valence-corrected chi connectivity index (χ3v) is 4.01. The monoisotopic (exact) mass is 292 g/mol. The Hall–Kier alpha value is -2.09. The third kappa shape index (κ3) is 2.35. The van der Waals surface area contributed by atoms with Gasteiger partial charge in [0.1, 0.15) is 0 Å². The molecule has 0 spiro atoms. The number of rotatable bonds is 3. The van der Waals surface area contributed by atoms with E-state index in [9.17, 15) is 9.59 Å². The molecule has 1 aliphatic rings. The first kappa shape index (κ1) is 13.9. The summed E-state index contributed by atoms with van der Waals surface area (Å²) in [7, 11) is 0. The van der Waals surface area contributed by atoms with E-state index >= 15 is 0 Å². The SMILES string of the molecule is CCC(C)n1c(=O)[nH]c(=O)c2[nH]c(N3CCNCC3)nc21. The molecule has 114 valence electrons. The van der Waals surface area contributed by atoms with Crippen LogP contribution in [0.4, 0.5) is 5.95 Å². The van der Waals surface area contributed by atoms with Gasteiger partial charge in [0.2, 0.25) is 5.95 Å². The average Bonchev–Trinajstić information content (AvgIpc) is 2.93. The number of fused-ring (bicyclic) bond motifs is 1. The zero-order valence-electron chi connectivity index (χ0n) is 12.3. The van der Waals surface area contributed by atoms with Crippen molar-refractivity contribution >= 4 is 17.1 Å². The van der Waals surface area contributed by atoms with Gasteiger partial charge in [-0.3, -0.25) is 14.3 Å². The molecule has 2 aromatic rings. The highest BCUT2D eigenvalue weighted by Crippen LogP contribution is 2.17. The van der Waals surface area contributed by atoms with Gasteiger partial charge < -0.3 is 15.2 Å². The van der Waals surface area contributed by atoms with Crippen molar-refractivity contribution in [2.24, 2.45) is 0 Å². The quantitative estimate of drug-likeness (QED) is 0.727. The Balaban J connectivity index is 2.17. The van der Waals surface area contributed by atoms with Crippen LogP contribution in [0, 0.1) is 0 Å². The largest absolute Gasteiger partial charge is 0.340 e. The second-order valence-electron chi connectivity index (χ2n) is 5.38. The molecule has 1 saturated heterocycles. The second-order valence-corrected chi connectivity index (χ2v) is 5.38. The number of anilines is 1. The topological polar surface area (TPSA) is 98.8 Å². The number of hydrogen-bond acceptors (Lipinski definition) is 5. The highest BCUT2D eigenvalue weighted by Gasteiger charge is 2.19. The van der Waals surface area contributed by atoms with Crippen molar-refractivity contribution in [3.8, 4) is 0 Å². The minimum absolute atomic E-state index is 0.0176. The first-order valence-electron chi connectivity index (χ1n) is 7.32. The van der Waals surface area contributed by atoms with E-state index in [0.717, 1.165) is 32.6 Å². The first-order valence-corrected chi connectivity index (χ1v) is 7.32. The fourth-order valence-electron chi connectivity index (χ4n) is 2.62. The van der Waals surface area contributed by atoms with Crippen molar-refractivity contribution in [1.29, 1.82) is 0 Å². The van der Waals surface area contributed by atoms with E-state index in [1.807, 2.05) is 13.8 Å². The van der Waals surface area contributed by atoms with Gasteiger partial charge in [0.25, 0.3) is 5.56 Å². The van der Waals surface area contributed by atoms with Crippen molar-refractivity contribution in [2.75, 3.05) is 31.1 Å². The number of imidazole rings is 1. The van der Waals surface area contributed by atoms with Gasteiger partial charge in [-0.2, -0.15) is 4.98 Å². The molecule has 0 radical (unpaired) electrons. The normalized spacial score (nSPS) is 17.3. The minimum atomic E-state index is -0.413. The van der Waals surface area contributed by atoms with Crippen molar-refractivity contribution in [1.82, 2.24) is 24.8 Å². The van der Waals surface area contributed by atoms with Crippen molar-refractivity contribution in [3.05, 3.63) is 20.8 Å². The maximum absolute atomic E-state index is 12.1. The van der Waals surface area contributed by atoms with E-state index in [2.05, 4.69) is 25.2 Å². The molecule has 8 heteroatoms. The van der Waals surface area contributed by atoms with Gasteiger partial charge in [0.15, 0.2) is 11.2 Å². The van der Waals surface area contributed by atoms with Gasteiger partial charge in [0, 0.05) is 32.2 Å². The molecule has 2 aromatic heterocycles. The summed E-state index contributed by atoms with van der Waals surface area (Å²) in [4.78, 5) is 36.1. The van der Waals surface area contributed by atoms with E-state index in [-0.39, 0.29) is 6.04 Å². The van der Waals surface area contributed by atoms with Crippen LogP contribution in [0.1, 0.15) is 26.3 Å². The van der Waals surface area contributed by atoms with Crippen molar-refractivity contribution in [2.45, 2.75) is 26.3 Å². The lowest BCUT2D eigenvalue weighted by Crippen LogP contribution is -2.44. The predicted octanol–water partition coefficient (Wildman–Crippen LogP) is -0.206. The van der Waals surface area contributed by atoms with Gasteiger partial charge in [0.05, 0.1) is 0 Å². The number of nitrogens with one attached hydrogen (secondary N) is 3. The van der Waals surface area contributed by atoms with E-state index in [1.54, 1.807) is 4.57 Å². The van der Waals surface area contributed by atoms with E-state index in [1.165, 1.54) is 0 Å². The summed E-state index contributed by atoms with van der Waals surface area (Å²) < 4.78 is 1.55. The maximum Gasteiger partial charge on any atom is 0.330 e. The average molecular weight is 292 g/mol. The zero-order chi connectivity index (χ0) is 15.0. The number of hydrogen-bond donors (Lipinski definition) is 3. The van der Waals surface area contributed by atoms with E-state index < -0.39 is 11.2 Å². The second kappa shape index (κ2) is 5.36. The Labute approximate surface area is 121 Å². The van der Waals surface area contributed by atoms with Gasteiger partial charge in [-0.05, 0) is 13.3 Å². The molecule has 0 bridgehead atoms. The molecule has 1 unspecified atom stereocenters. The molecule has 21 heavy (non-hydrogen) atoms. The minimum Gasteiger partial charge on any atom is -0.340 e. The Morgan fingerprint density at radius 3 is 2.62 bits per heavy atom. The van der Waals surface area contributed by atoms with Crippen LogP contribution in [0.15, 0.2) is 9.59 Å². The summed E-state index contributed by atoms with van der Waals surface area (Å²) >= 11 is 0. The van der Waals surface area contributed by atoms with Gasteiger partial charge in [-0.1, -0.05) is 6.92 Å². The zero-order valence-corrected chi connectivity index (χ0v) is 12.3. The van der Waals surface area contributed by atoms with Crippen LogP contribution in [0.3, 0.4) is 0 Å². The van der Waals surface area contributed by atoms with Crippen LogP contribution in [0.25, 0.3) is 11.2 Å². The number of nitrogens with zero attached hydrogens (tertiary/aromatic N) is 3. The Morgan fingerprint density at radius 1 is 1.24 bits per heavy atom. The molecular weight excluding hydrogens is 272 g/mol. The van der Waals surface area contributed by atoms with Gasteiger partial charge in [-0.15, -0.1) is 0 Å². The molecule has 8 nitrogen and oxygen atoms in total. The van der Waals surface area contributed by atoms with Crippen molar-refractivity contribution < 1.29 is 0 Å². The number of piperazine rings is 1. The van der Waals surface area contributed by atoms with Crippen LogP contribution in [-0.4, -0.2) is 45.7 Å². The molecule has 0 aliphatic carbocycles. The molecule has 3 N–H and O–H groups in total. The predicted molar refractivity (Wildman–Crippen MR) is 81.1 cm³/mol. The van der Waals surface area contributed by atoms with E-state index in [0.29, 0.717) is 17.1 Å². The van der Waals surface area contributed by atoms with Gasteiger partial charge in [-0.25, -0.2) is 4.79 Å². The summed E-state index contributed by atoms with van der Waals surface area (Å²) in [6.45, 7) is 7.35. The molecule has 3 heterocycles. The lowest BCUT2D eigenvalue weighted by atomic mass is 10.2. The molecule has 0 amide bonds. The molecule has 0 saturated carbocycles. The van der Waals surface area contributed by atoms with Crippen LogP contribution < -0.4 is 21.5 Å². The lowest BCUT2D eigenvalue weighted by molar-refractivity contribution is 0.517. The van der Waals surface area contributed by atoms with Gasteiger partial charge >= 0.3 is 5.69 Å². The summed E-state index contributed by atoms with van der Waals surface area (Å²) in [5.74, 6) is 0.652. The maximum atomic E-state index is 12.1. The van der Waals surface area contributed by atoms with Crippen LogP contribution >= 0.6 is 0 Å². The number of aromatic nitrogens is 4. The molecule has 0 aromatic carbocycles. The smallest absolute Gasteiger partial charge is 0.330 e. The highest BCUT2D eigenvalue weighted by atomic mass is 16.2. The Morgan fingerprint density at radius 2 is 1.95 bits per heavy atom. The standard InChI is InChI=1S/C13H20N6O2/c1-3-8(2)19-10-9(11(20)17-13(19)21)15-12(16-10)18-6-4-14-5-7-18/h8,14H,3-7H2,1-2H3,(H,15,16)(H,17,20,21). The fourth-order valence-corrected chi connectivity index (χ4v) is 2.62. The number of H-pyrrole nitrogens is 2. The third-order valence-electron chi connectivity index (χ3n) is 4.01. The molecular formula is C13H20N6O2. The van der Waals surface area contributed by atoms with Crippen LogP contribution in [0.2, 0.25) is 0 Å². The summed E-state index contributed by atoms with van der Waals surface area (Å²) in [5, 5.41) is 3.27. The van der Waals surface area contributed by atoms with Crippen LogP contribution in [0.5, 0.6) is 0 Å². The Kier molecular flexibility index (Phi) is 3.54. The first-order chi connectivity index (χ1) is 10.1. The molecule has 3 rings (SSSR count). The highest BCUT2D eigenvalue weighted by molar-refractivity contribution is 5.73. The Bertz CT molecular complexity index is 752. The molecule has 1 fully saturated rings. The number of aromatic amines is 2. The van der Waals surface area contributed by atoms with Crippen molar-refractivity contribution in [3.63, 3.8) is 0 Å². The summed E-state index contributed by atoms with van der Waals surface area (Å²) in [5.41, 5.74) is -0.0151. The van der Waals surface area contributed by atoms with E-state index in [4.69, 9.17) is 0 Å².